The largest absolute Gasteiger partial charge is 0.386 e. The summed E-state index contributed by atoms with van der Waals surface area (Å²) < 4.78 is 6.35. The van der Waals surface area contributed by atoms with Gasteiger partial charge in [0.05, 0.1) is 12.1 Å². The summed E-state index contributed by atoms with van der Waals surface area (Å²) in [6.07, 6.45) is -0.710. The number of rotatable bonds is 6. The number of urea groups is 1. The van der Waals surface area contributed by atoms with Crippen molar-refractivity contribution in [3.63, 3.8) is 0 Å². The van der Waals surface area contributed by atoms with Crippen LogP contribution in [0.15, 0.2) is 30.3 Å². The Kier molecular flexibility index (Phi) is 5.39. The first-order valence-electron chi connectivity index (χ1n) is 7.15. The molecule has 0 fully saturated rings. The number of carbonyl (C=O) groups is 1. The minimum Gasteiger partial charge on any atom is -0.386 e. The molecule has 6 heteroatoms. The van der Waals surface area contributed by atoms with Crippen LogP contribution in [0.1, 0.15) is 24.8 Å². The maximum Gasteiger partial charge on any atom is 0.314 e. The van der Waals surface area contributed by atoms with Crippen LogP contribution in [0.5, 0.6) is 0 Å². The van der Waals surface area contributed by atoms with Crippen molar-refractivity contribution in [2.24, 2.45) is 0 Å². The number of fused-ring (bicyclic) bond motifs is 1. The normalized spacial score (nSPS) is 13.1. The molecule has 1 heterocycles. The molecule has 120 valence electrons. The van der Waals surface area contributed by atoms with E-state index in [1.165, 1.54) is 11.3 Å². The molecule has 1 atom stereocenters. The molecule has 0 bridgehead atoms. The second-order valence-corrected chi connectivity index (χ2v) is 6.85. The van der Waals surface area contributed by atoms with E-state index in [1.807, 2.05) is 44.2 Å². The van der Waals surface area contributed by atoms with Crippen molar-refractivity contribution in [1.29, 1.82) is 0 Å². The molecule has 3 N–H and O–H groups in total. The van der Waals surface area contributed by atoms with Gasteiger partial charge in [-0.15, -0.1) is 11.3 Å². The van der Waals surface area contributed by atoms with Crippen molar-refractivity contribution in [2.45, 2.75) is 25.6 Å². The lowest BCUT2D eigenvalue weighted by atomic mass is 10.1. The van der Waals surface area contributed by atoms with Crippen molar-refractivity contribution >= 4 is 27.5 Å². The predicted octanol–water partition coefficient (Wildman–Crippen LogP) is 2.66. The Morgan fingerprint density at radius 1 is 1.36 bits per heavy atom. The Hall–Kier alpha value is -1.63. The van der Waals surface area contributed by atoms with Gasteiger partial charge in [0.25, 0.3) is 0 Å². The van der Waals surface area contributed by atoms with E-state index < -0.39 is 11.7 Å². The molecule has 2 aromatic rings. The average Bonchev–Trinajstić information content (AvgIpc) is 2.94. The summed E-state index contributed by atoms with van der Waals surface area (Å²) in [5.41, 5.74) is -0.415. The van der Waals surface area contributed by atoms with Gasteiger partial charge in [0.15, 0.2) is 0 Å². The Balaban J connectivity index is 1.84. The fourth-order valence-corrected chi connectivity index (χ4v) is 2.94. The molecule has 2 amide bonds. The first-order valence-corrected chi connectivity index (χ1v) is 7.96. The summed E-state index contributed by atoms with van der Waals surface area (Å²) in [5.74, 6) is 0. The summed E-state index contributed by atoms with van der Waals surface area (Å²) in [7, 11) is 1.60. The first-order chi connectivity index (χ1) is 10.4. The zero-order valence-electron chi connectivity index (χ0n) is 13.1. The highest BCUT2D eigenvalue weighted by Gasteiger charge is 2.18. The number of aliphatic hydroxyl groups is 1. The highest BCUT2D eigenvalue weighted by atomic mass is 32.1. The van der Waals surface area contributed by atoms with Crippen molar-refractivity contribution in [1.82, 2.24) is 10.6 Å². The summed E-state index contributed by atoms with van der Waals surface area (Å²) in [5, 5.41) is 16.7. The van der Waals surface area contributed by atoms with Crippen LogP contribution in [0.25, 0.3) is 10.1 Å². The summed E-state index contributed by atoms with van der Waals surface area (Å²) in [6.45, 7) is 4.35. The van der Waals surface area contributed by atoms with Gasteiger partial charge in [0, 0.05) is 23.2 Å². The zero-order valence-corrected chi connectivity index (χ0v) is 13.9. The van der Waals surface area contributed by atoms with Crippen LogP contribution in [0.2, 0.25) is 0 Å². The molecule has 1 unspecified atom stereocenters. The Morgan fingerprint density at radius 3 is 2.77 bits per heavy atom. The van der Waals surface area contributed by atoms with E-state index in [2.05, 4.69) is 10.6 Å². The molecule has 0 spiro atoms. The van der Waals surface area contributed by atoms with Gasteiger partial charge in [-0.2, -0.15) is 0 Å². The predicted molar refractivity (Wildman–Crippen MR) is 89.3 cm³/mol. The molecule has 2 rings (SSSR count). The van der Waals surface area contributed by atoms with Crippen LogP contribution >= 0.6 is 11.3 Å². The van der Waals surface area contributed by atoms with E-state index in [9.17, 15) is 9.90 Å². The van der Waals surface area contributed by atoms with Gasteiger partial charge in [-0.1, -0.05) is 18.2 Å². The summed E-state index contributed by atoms with van der Waals surface area (Å²) in [6, 6.07) is 9.61. The minimum atomic E-state index is -0.710. The molecule has 0 aliphatic rings. The van der Waals surface area contributed by atoms with E-state index in [0.29, 0.717) is 6.54 Å². The van der Waals surface area contributed by atoms with Gasteiger partial charge in [0.2, 0.25) is 0 Å². The third-order valence-electron chi connectivity index (χ3n) is 3.46. The number of amides is 2. The average molecular weight is 322 g/mol. The molecule has 1 aromatic carbocycles. The van der Waals surface area contributed by atoms with Crippen molar-refractivity contribution in [3.8, 4) is 0 Å². The lowest BCUT2D eigenvalue weighted by Gasteiger charge is -2.23. The molecular formula is C16H22N2O3S. The van der Waals surface area contributed by atoms with Gasteiger partial charge in [-0.3, -0.25) is 0 Å². The van der Waals surface area contributed by atoms with Crippen molar-refractivity contribution in [2.75, 3.05) is 20.2 Å². The Bertz CT molecular complexity index is 606. The van der Waals surface area contributed by atoms with Crippen LogP contribution in [0, 0.1) is 0 Å². The number of thiophene rings is 1. The second kappa shape index (κ2) is 7.09. The number of aliphatic hydroxyl groups excluding tert-OH is 1. The topological polar surface area (TPSA) is 70.6 Å². The molecular weight excluding hydrogens is 300 g/mol. The highest BCUT2D eigenvalue weighted by molar-refractivity contribution is 7.19. The maximum absolute atomic E-state index is 11.7. The van der Waals surface area contributed by atoms with Crippen molar-refractivity contribution < 1.29 is 14.6 Å². The van der Waals surface area contributed by atoms with Crippen LogP contribution in [0.3, 0.4) is 0 Å². The lowest BCUT2D eigenvalue weighted by Crippen LogP contribution is -2.45. The molecule has 1 aromatic heterocycles. The Morgan fingerprint density at radius 2 is 2.09 bits per heavy atom. The molecule has 0 radical (unpaired) electrons. The molecule has 0 saturated heterocycles. The molecule has 0 saturated carbocycles. The molecule has 5 nitrogen and oxygen atoms in total. The lowest BCUT2D eigenvalue weighted by molar-refractivity contribution is 0.0253. The van der Waals surface area contributed by atoms with Gasteiger partial charge in [-0.25, -0.2) is 4.79 Å². The fraction of sp³-hybridized carbons (Fsp3) is 0.438. The van der Waals surface area contributed by atoms with Gasteiger partial charge in [0.1, 0.15) is 6.10 Å². The smallest absolute Gasteiger partial charge is 0.314 e. The fourth-order valence-electron chi connectivity index (χ4n) is 1.88. The van der Waals surface area contributed by atoms with E-state index >= 15 is 0 Å². The van der Waals surface area contributed by atoms with Crippen LogP contribution in [-0.4, -0.2) is 36.9 Å². The van der Waals surface area contributed by atoms with E-state index in [4.69, 9.17) is 4.74 Å². The zero-order chi connectivity index (χ0) is 16.2. The third-order valence-corrected chi connectivity index (χ3v) is 4.67. The van der Waals surface area contributed by atoms with Crippen molar-refractivity contribution in [3.05, 3.63) is 35.2 Å². The number of methoxy groups -OCH3 is 1. The van der Waals surface area contributed by atoms with E-state index in [0.717, 1.165) is 15.0 Å². The van der Waals surface area contributed by atoms with E-state index in [-0.39, 0.29) is 12.6 Å². The third kappa shape index (κ3) is 4.43. The highest BCUT2D eigenvalue weighted by Crippen LogP contribution is 2.29. The summed E-state index contributed by atoms with van der Waals surface area (Å²) >= 11 is 1.54. The van der Waals surface area contributed by atoms with Gasteiger partial charge in [-0.05, 0) is 31.4 Å². The van der Waals surface area contributed by atoms with Gasteiger partial charge >= 0.3 is 6.03 Å². The minimum absolute atomic E-state index is 0.173. The molecule has 0 aliphatic heterocycles. The van der Waals surface area contributed by atoms with Gasteiger partial charge < -0.3 is 20.5 Å². The molecule has 22 heavy (non-hydrogen) atoms. The number of hydrogen-bond acceptors (Lipinski definition) is 4. The SMILES string of the molecule is COC(C)(C)CNC(=O)NCC(O)c1cc2ccccc2s1. The number of nitrogens with one attached hydrogen (secondary N) is 2. The summed E-state index contributed by atoms with van der Waals surface area (Å²) in [4.78, 5) is 12.6. The number of benzene rings is 1. The monoisotopic (exact) mass is 322 g/mol. The van der Waals surface area contributed by atoms with Crippen LogP contribution in [-0.2, 0) is 4.74 Å². The van der Waals surface area contributed by atoms with Crippen LogP contribution in [0.4, 0.5) is 4.79 Å². The maximum atomic E-state index is 11.7. The standard InChI is InChI=1S/C16H22N2O3S/c1-16(2,21-3)10-18-15(20)17-9-12(19)14-8-11-6-4-5-7-13(11)22-14/h4-8,12,19H,9-10H2,1-3H3,(H2,17,18,20). The van der Waals surface area contributed by atoms with Crippen LogP contribution < -0.4 is 10.6 Å². The number of hydrogen-bond donors (Lipinski definition) is 3. The quantitative estimate of drug-likeness (QED) is 0.766. The van der Waals surface area contributed by atoms with E-state index in [1.54, 1.807) is 7.11 Å². The second-order valence-electron chi connectivity index (χ2n) is 5.73. The molecule has 0 aliphatic carbocycles. The Labute approximate surface area is 134 Å². The number of ether oxygens (including phenoxy) is 1. The number of carbonyl (C=O) groups excluding carboxylic acids is 1. The first kappa shape index (κ1) is 16.7.